The molecule has 3 unspecified atom stereocenters. The standard InChI is InChI=1S/C16H30N2O3/c1-12(17-14-7-9-20-11-14)13-6-5-8-18(10-13)15(19)21-16(2,3)4/h12-14,17H,5-11H2,1-4H3. The Morgan fingerprint density at radius 2 is 2.14 bits per heavy atom. The number of carbonyl (C=O) groups is 1. The van der Waals surface area contributed by atoms with Gasteiger partial charge in [-0.3, -0.25) is 0 Å². The van der Waals surface area contributed by atoms with Gasteiger partial charge in [0, 0.05) is 31.8 Å². The largest absolute Gasteiger partial charge is 0.444 e. The van der Waals surface area contributed by atoms with Gasteiger partial charge >= 0.3 is 6.09 Å². The Labute approximate surface area is 128 Å². The monoisotopic (exact) mass is 298 g/mol. The van der Waals surface area contributed by atoms with E-state index in [0.717, 1.165) is 39.1 Å². The molecule has 3 atom stereocenters. The second-order valence-electron chi connectivity index (χ2n) is 7.34. The normalized spacial score (nSPS) is 28.5. The summed E-state index contributed by atoms with van der Waals surface area (Å²) in [5.41, 5.74) is -0.422. The zero-order chi connectivity index (χ0) is 15.5. The van der Waals surface area contributed by atoms with E-state index in [0.29, 0.717) is 18.0 Å². The third-order valence-corrected chi connectivity index (χ3v) is 4.24. The lowest BCUT2D eigenvalue weighted by molar-refractivity contribution is 0.0145. The van der Waals surface area contributed by atoms with Crippen molar-refractivity contribution >= 4 is 6.09 Å². The summed E-state index contributed by atoms with van der Waals surface area (Å²) in [5, 5.41) is 3.65. The quantitative estimate of drug-likeness (QED) is 0.869. The maximum absolute atomic E-state index is 12.2. The number of amides is 1. The van der Waals surface area contributed by atoms with Crippen LogP contribution in [0.1, 0.15) is 47.0 Å². The summed E-state index contributed by atoms with van der Waals surface area (Å²) in [7, 11) is 0. The van der Waals surface area contributed by atoms with Crippen molar-refractivity contribution in [3.05, 3.63) is 0 Å². The second-order valence-corrected chi connectivity index (χ2v) is 7.34. The summed E-state index contributed by atoms with van der Waals surface area (Å²) >= 11 is 0. The van der Waals surface area contributed by atoms with Gasteiger partial charge in [0.1, 0.15) is 5.60 Å². The number of nitrogens with one attached hydrogen (secondary N) is 1. The molecule has 0 radical (unpaired) electrons. The SMILES string of the molecule is CC(NC1CCOC1)C1CCCN(C(=O)OC(C)(C)C)C1. The van der Waals surface area contributed by atoms with Gasteiger partial charge in [-0.25, -0.2) is 4.79 Å². The number of likely N-dealkylation sites (tertiary alicyclic amines) is 1. The van der Waals surface area contributed by atoms with Crippen molar-refractivity contribution in [2.75, 3.05) is 26.3 Å². The highest BCUT2D eigenvalue weighted by Gasteiger charge is 2.31. The van der Waals surface area contributed by atoms with Crippen molar-refractivity contribution in [2.24, 2.45) is 5.92 Å². The molecule has 2 aliphatic heterocycles. The van der Waals surface area contributed by atoms with Gasteiger partial charge in [-0.2, -0.15) is 0 Å². The van der Waals surface area contributed by atoms with E-state index < -0.39 is 5.60 Å². The molecule has 1 N–H and O–H groups in total. The molecule has 0 bridgehead atoms. The maximum atomic E-state index is 12.2. The van der Waals surface area contributed by atoms with E-state index >= 15 is 0 Å². The first kappa shape index (κ1) is 16.6. The van der Waals surface area contributed by atoms with Gasteiger partial charge in [0.2, 0.25) is 0 Å². The van der Waals surface area contributed by atoms with Gasteiger partial charge in [-0.05, 0) is 52.9 Å². The number of rotatable bonds is 3. The Bertz CT molecular complexity index is 348. The Balaban J connectivity index is 1.83. The van der Waals surface area contributed by atoms with Gasteiger partial charge in [0.05, 0.1) is 6.61 Å². The van der Waals surface area contributed by atoms with E-state index in [2.05, 4.69) is 12.2 Å². The minimum absolute atomic E-state index is 0.177. The molecule has 2 aliphatic rings. The number of carbonyl (C=O) groups excluding carboxylic acids is 1. The van der Waals surface area contributed by atoms with Crippen LogP contribution in [0.2, 0.25) is 0 Å². The average Bonchev–Trinajstić information content (AvgIpc) is 2.90. The first-order chi connectivity index (χ1) is 9.85. The van der Waals surface area contributed by atoms with Gasteiger partial charge in [-0.15, -0.1) is 0 Å². The van der Waals surface area contributed by atoms with Gasteiger partial charge in [0.15, 0.2) is 0 Å². The summed E-state index contributed by atoms with van der Waals surface area (Å²) in [5.74, 6) is 0.492. The zero-order valence-corrected chi connectivity index (χ0v) is 13.9. The molecule has 2 heterocycles. The van der Waals surface area contributed by atoms with Crippen LogP contribution in [0.4, 0.5) is 4.79 Å². The maximum Gasteiger partial charge on any atom is 0.410 e. The molecule has 1 amide bonds. The number of hydrogen-bond acceptors (Lipinski definition) is 4. The van der Waals surface area contributed by atoms with Crippen LogP contribution in [0.3, 0.4) is 0 Å². The van der Waals surface area contributed by atoms with Crippen LogP contribution in [0.25, 0.3) is 0 Å². The lowest BCUT2D eigenvalue weighted by Crippen LogP contribution is -2.49. The van der Waals surface area contributed by atoms with E-state index in [4.69, 9.17) is 9.47 Å². The molecule has 2 fully saturated rings. The molecule has 2 saturated heterocycles. The number of hydrogen-bond donors (Lipinski definition) is 1. The van der Waals surface area contributed by atoms with Crippen molar-refractivity contribution in [1.29, 1.82) is 0 Å². The van der Waals surface area contributed by atoms with Crippen molar-refractivity contribution in [3.63, 3.8) is 0 Å². The van der Waals surface area contributed by atoms with Crippen molar-refractivity contribution < 1.29 is 14.3 Å². The molecule has 122 valence electrons. The van der Waals surface area contributed by atoms with Gasteiger partial charge in [-0.1, -0.05) is 0 Å². The molecule has 0 aromatic rings. The lowest BCUT2D eigenvalue weighted by Gasteiger charge is -2.37. The minimum atomic E-state index is -0.422. The van der Waals surface area contributed by atoms with E-state index in [9.17, 15) is 4.79 Å². The molecule has 0 aromatic carbocycles. The van der Waals surface area contributed by atoms with E-state index in [1.807, 2.05) is 25.7 Å². The summed E-state index contributed by atoms with van der Waals surface area (Å²) < 4.78 is 10.9. The fourth-order valence-corrected chi connectivity index (χ4v) is 3.08. The molecular weight excluding hydrogens is 268 g/mol. The van der Waals surface area contributed by atoms with E-state index in [-0.39, 0.29) is 6.09 Å². The fourth-order valence-electron chi connectivity index (χ4n) is 3.08. The Kier molecular flexibility index (Phi) is 5.49. The average molecular weight is 298 g/mol. The molecule has 0 saturated carbocycles. The molecule has 5 heteroatoms. The molecule has 0 aromatic heterocycles. The minimum Gasteiger partial charge on any atom is -0.444 e. The van der Waals surface area contributed by atoms with Gasteiger partial charge in [0.25, 0.3) is 0 Å². The van der Waals surface area contributed by atoms with Crippen LogP contribution in [0, 0.1) is 5.92 Å². The Hall–Kier alpha value is -0.810. The predicted molar refractivity (Wildman–Crippen MR) is 82.4 cm³/mol. The second kappa shape index (κ2) is 6.97. The highest BCUT2D eigenvalue weighted by Crippen LogP contribution is 2.22. The smallest absolute Gasteiger partial charge is 0.410 e. The van der Waals surface area contributed by atoms with Crippen LogP contribution in [0.5, 0.6) is 0 Å². The third-order valence-electron chi connectivity index (χ3n) is 4.24. The zero-order valence-electron chi connectivity index (χ0n) is 13.9. The van der Waals surface area contributed by atoms with Crippen molar-refractivity contribution in [3.8, 4) is 0 Å². The molecular formula is C16H30N2O3. The van der Waals surface area contributed by atoms with Crippen LogP contribution in [0.15, 0.2) is 0 Å². The summed E-state index contributed by atoms with van der Waals surface area (Å²) in [6.07, 6.45) is 3.13. The predicted octanol–water partition coefficient (Wildman–Crippen LogP) is 2.40. The van der Waals surface area contributed by atoms with Gasteiger partial charge < -0.3 is 19.7 Å². The third kappa shape index (κ3) is 5.15. The van der Waals surface area contributed by atoms with Crippen LogP contribution in [-0.4, -0.2) is 55.0 Å². The van der Waals surface area contributed by atoms with Crippen LogP contribution >= 0.6 is 0 Å². The molecule has 0 spiro atoms. The van der Waals surface area contributed by atoms with Crippen LogP contribution in [-0.2, 0) is 9.47 Å². The highest BCUT2D eigenvalue weighted by molar-refractivity contribution is 5.68. The fraction of sp³-hybridized carbons (Fsp3) is 0.938. The first-order valence-electron chi connectivity index (χ1n) is 8.17. The molecule has 21 heavy (non-hydrogen) atoms. The van der Waals surface area contributed by atoms with E-state index in [1.54, 1.807) is 0 Å². The number of nitrogens with zero attached hydrogens (tertiary/aromatic N) is 1. The molecule has 2 rings (SSSR count). The van der Waals surface area contributed by atoms with Crippen molar-refractivity contribution in [1.82, 2.24) is 10.2 Å². The topological polar surface area (TPSA) is 50.8 Å². The summed E-state index contributed by atoms with van der Waals surface area (Å²) in [4.78, 5) is 14.1. The Morgan fingerprint density at radius 3 is 2.76 bits per heavy atom. The molecule has 0 aliphatic carbocycles. The number of ether oxygens (including phenoxy) is 2. The summed E-state index contributed by atoms with van der Waals surface area (Å²) in [6, 6.07) is 0.874. The molecule has 5 nitrogen and oxygen atoms in total. The van der Waals surface area contributed by atoms with Crippen LogP contribution < -0.4 is 5.32 Å². The Morgan fingerprint density at radius 1 is 1.38 bits per heavy atom. The summed E-state index contributed by atoms with van der Waals surface area (Å²) in [6.45, 7) is 11.2. The lowest BCUT2D eigenvalue weighted by atomic mass is 9.91. The highest BCUT2D eigenvalue weighted by atomic mass is 16.6. The number of piperidine rings is 1. The van der Waals surface area contributed by atoms with Crippen molar-refractivity contribution in [2.45, 2.75) is 64.6 Å². The van der Waals surface area contributed by atoms with E-state index in [1.165, 1.54) is 6.42 Å². The first-order valence-corrected chi connectivity index (χ1v) is 8.17.